The minimum Gasteiger partial charge on any atom is -0.402 e. The third kappa shape index (κ3) is 2.82. The average molecular weight is 303 g/mol. The average Bonchev–Trinajstić information content (AvgIpc) is 3.28. The van der Waals surface area contributed by atoms with Crippen LogP contribution in [0.4, 0.5) is 11.7 Å². The van der Waals surface area contributed by atoms with Crippen molar-refractivity contribution in [3.8, 4) is 22.7 Å². The number of pyridine rings is 1. The van der Waals surface area contributed by atoms with Crippen LogP contribution in [0, 0.1) is 0 Å². The third-order valence-electron chi connectivity index (χ3n) is 3.40. The minimum atomic E-state index is 0.353. The highest BCUT2D eigenvalue weighted by Crippen LogP contribution is 2.24. The van der Waals surface area contributed by atoms with Gasteiger partial charge in [0.1, 0.15) is 5.69 Å². The highest BCUT2D eigenvalue weighted by molar-refractivity contribution is 5.66. The first kappa shape index (κ1) is 13.3. The van der Waals surface area contributed by atoms with E-state index in [0.29, 0.717) is 11.9 Å². The first-order chi connectivity index (χ1) is 11.4. The van der Waals surface area contributed by atoms with Gasteiger partial charge in [0.2, 0.25) is 0 Å². The van der Waals surface area contributed by atoms with Crippen molar-refractivity contribution in [3.05, 3.63) is 67.1 Å². The van der Waals surface area contributed by atoms with Gasteiger partial charge in [-0.2, -0.15) is 0 Å². The quantitative estimate of drug-likeness (QED) is 0.598. The van der Waals surface area contributed by atoms with Crippen molar-refractivity contribution in [1.82, 2.24) is 20.2 Å². The molecule has 0 bridgehead atoms. The second-order valence-corrected chi connectivity index (χ2v) is 4.93. The molecule has 0 atom stereocenters. The zero-order valence-corrected chi connectivity index (χ0v) is 12.1. The van der Waals surface area contributed by atoms with Crippen molar-refractivity contribution in [2.75, 3.05) is 5.32 Å². The summed E-state index contributed by atoms with van der Waals surface area (Å²) in [5.41, 5.74) is 3.91. The lowest BCUT2D eigenvalue weighted by atomic mass is 10.1. The molecule has 2 N–H and O–H groups in total. The first-order valence-electron chi connectivity index (χ1n) is 7.13. The van der Waals surface area contributed by atoms with E-state index in [-0.39, 0.29) is 0 Å². The van der Waals surface area contributed by atoms with Crippen LogP contribution in [0.1, 0.15) is 0 Å². The molecule has 0 amide bonds. The highest BCUT2D eigenvalue weighted by Gasteiger charge is 2.09. The van der Waals surface area contributed by atoms with Crippen molar-refractivity contribution >= 4 is 11.7 Å². The molecule has 0 radical (unpaired) electrons. The van der Waals surface area contributed by atoms with Crippen molar-refractivity contribution in [1.29, 1.82) is 0 Å². The van der Waals surface area contributed by atoms with Gasteiger partial charge in [0.25, 0.3) is 5.89 Å². The van der Waals surface area contributed by atoms with Gasteiger partial charge in [-0.05, 0) is 47.5 Å². The van der Waals surface area contributed by atoms with Crippen LogP contribution in [0.3, 0.4) is 0 Å². The lowest BCUT2D eigenvalue weighted by molar-refractivity contribution is 0.585. The predicted octanol–water partition coefficient (Wildman–Crippen LogP) is 3.87. The van der Waals surface area contributed by atoms with Crippen LogP contribution in [0.5, 0.6) is 0 Å². The second-order valence-electron chi connectivity index (χ2n) is 4.93. The number of aromatic amines is 1. The Kier molecular flexibility index (Phi) is 3.32. The standard InChI is InChI=1S/C17H13N5O/c1-2-15(19-9-1)16-21-22-17(23-16)20-14-5-3-12(4-6-14)13-7-10-18-11-8-13/h1-11,19H,(H,20,22). The Bertz CT molecular complexity index is 882. The molecule has 23 heavy (non-hydrogen) atoms. The van der Waals surface area contributed by atoms with Gasteiger partial charge in [-0.1, -0.05) is 17.2 Å². The first-order valence-corrected chi connectivity index (χ1v) is 7.13. The van der Waals surface area contributed by atoms with Crippen molar-refractivity contribution < 1.29 is 4.42 Å². The molecular weight excluding hydrogens is 290 g/mol. The summed E-state index contributed by atoms with van der Waals surface area (Å²) >= 11 is 0. The van der Waals surface area contributed by atoms with E-state index in [0.717, 1.165) is 22.5 Å². The Balaban J connectivity index is 1.51. The number of hydrogen-bond acceptors (Lipinski definition) is 5. The van der Waals surface area contributed by atoms with Crippen LogP contribution in [0.2, 0.25) is 0 Å². The molecular formula is C17H13N5O. The van der Waals surface area contributed by atoms with Crippen LogP contribution in [0.15, 0.2) is 71.5 Å². The van der Waals surface area contributed by atoms with E-state index in [9.17, 15) is 0 Å². The number of nitrogens with zero attached hydrogens (tertiary/aromatic N) is 3. The normalized spacial score (nSPS) is 10.6. The van der Waals surface area contributed by atoms with Crippen molar-refractivity contribution in [3.63, 3.8) is 0 Å². The largest absolute Gasteiger partial charge is 0.402 e. The number of nitrogens with one attached hydrogen (secondary N) is 2. The molecule has 0 saturated heterocycles. The smallest absolute Gasteiger partial charge is 0.320 e. The fourth-order valence-corrected chi connectivity index (χ4v) is 2.26. The molecule has 4 aromatic rings. The van der Waals surface area contributed by atoms with E-state index in [1.54, 1.807) is 12.4 Å². The van der Waals surface area contributed by atoms with Crippen molar-refractivity contribution in [2.45, 2.75) is 0 Å². The molecule has 0 aliphatic heterocycles. The Morgan fingerprint density at radius 1 is 0.870 bits per heavy atom. The maximum Gasteiger partial charge on any atom is 0.320 e. The molecule has 0 spiro atoms. The number of hydrogen-bond donors (Lipinski definition) is 2. The monoisotopic (exact) mass is 303 g/mol. The van der Waals surface area contributed by atoms with Crippen LogP contribution < -0.4 is 5.32 Å². The molecule has 3 heterocycles. The number of anilines is 2. The Morgan fingerprint density at radius 2 is 1.65 bits per heavy atom. The van der Waals surface area contributed by atoms with Crippen molar-refractivity contribution in [2.24, 2.45) is 0 Å². The maximum absolute atomic E-state index is 5.57. The Labute approximate surface area is 132 Å². The summed E-state index contributed by atoms with van der Waals surface area (Å²) in [5.74, 6) is 0.450. The van der Waals surface area contributed by atoms with Gasteiger partial charge in [-0.15, -0.1) is 5.10 Å². The Hall–Kier alpha value is -3.41. The van der Waals surface area contributed by atoms with Gasteiger partial charge < -0.3 is 14.7 Å². The van der Waals surface area contributed by atoms with Crippen LogP contribution in [-0.4, -0.2) is 20.2 Å². The second kappa shape index (κ2) is 5.76. The van der Waals surface area contributed by atoms with E-state index >= 15 is 0 Å². The SMILES string of the molecule is c1c[nH]c(-c2nnc(Nc3ccc(-c4ccncc4)cc3)o2)c1. The van der Waals surface area contributed by atoms with E-state index < -0.39 is 0 Å². The zero-order valence-electron chi connectivity index (χ0n) is 12.1. The number of rotatable bonds is 4. The third-order valence-corrected chi connectivity index (χ3v) is 3.40. The lowest BCUT2D eigenvalue weighted by Crippen LogP contribution is -1.90. The minimum absolute atomic E-state index is 0.353. The van der Waals surface area contributed by atoms with E-state index in [2.05, 4.69) is 25.5 Å². The van der Waals surface area contributed by atoms with E-state index in [1.807, 2.05) is 54.7 Å². The molecule has 0 saturated carbocycles. The van der Waals surface area contributed by atoms with E-state index in [1.165, 1.54) is 0 Å². The maximum atomic E-state index is 5.57. The fourth-order valence-electron chi connectivity index (χ4n) is 2.26. The summed E-state index contributed by atoms with van der Waals surface area (Å²) in [6.45, 7) is 0. The molecule has 0 aliphatic carbocycles. The molecule has 3 aromatic heterocycles. The summed E-state index contributed by atoms with van der Waals surface area (Å²) in [4.78, 5) is 7.05. The lowest BCUT2D eigenvalue weighted by Gasteiger charge is -2.04. The molecule has 0 unspecified atom stereocenters. The van der Waals surface area contributed by atoms with Gasteiger partial charge >= 0.3 is 6.01 Å². The summed E-state index contributed by atoms with van der Waals surface area (Å²) in [6.07, 6.45) is 5.37. The number of H-pyrrole nitrogens is 1. The topological polar surface area (TPSA) is 79.6 Å². The molecule has 6 nitrogen and oxygen atoms in total. The van der Waals surface area contributed by atoms with Gasteiger partial charge in [0.05, 0.1) is 0 Å². The molecule has 4 rings (SSSR count). The Morgan fingerprint density at radius 3 is 2.39 bits per heavy atom. The van der Waals surface area contributed by atoms with Crippen LogP contribution in [0.25, 0.3) is 22.7 Å². The summed E-state index contributed by atoms with van der Waals surface area (Å²) in [7, 11) is 0. The number of aromatic nitrogens is 4. The highest BCUT2D eigenvalue weighted by atomic mass is 16.4. The van der Waals surface area contributed by atoms with Gasteiger partial charge in [-0.3, -0.25) is 4.98 Å². The van der Waals surface area contributed by atoms with Gasteiger partial charge in [0.15, 0.2) is 0 Å². The van der Waals surface area contributed by atoms with Gasteiger partial charge in [0, 0.05) is 24.3 Å². The summed E-state index contributed by atoms with van der Waals surface area (Å²) < 4.78 is 5.57. The van der Waals surface area contributed by atoms with Crippen LogP contribution >= 0.6 is 0 Å². The summed E-state index contributed by atoms with van der Waals surface area (Å²) in [5, 5.41) is 11.1. The van der Waals surface area contributed by atoms with E-state index in [4.69, 9.17) is 4.42 Å². The molecule has 6 heteroatoms. The summed E-state index contributed by atoms with van der Waals surface area (Å²) in [6, 6.07) is 16.0. The fraction of sp³-hybridized carbons (Fsp3) is 0. The molecule has 0 fully saturated rings. The molecule has 112 valence electrons. The number of benzene rings is 1. The predicted molar refractivity (Wildman–Crippen MR) is 87.0 cm³/mol. The zero-order chi connectivity index (χ0) is 15.5. The molecule has 0 aliphatic rings. The molecule has 1 aromatic carbocycles. The van der Waals surface area contributed by atoms with Gasteiger partial charge in [-0.25, -0.2) is 0 Å². The van der Waals surface area contributed by atoms with Crippen LogP contribution in [-0.2, 0) is 0 Å².